The van der Waals surface area contributed by atoms with Gasteiger partial charge in [-0.1, -0.05) is 6.42 Å². The molecule has 2 saturated carbocycles. The van der Waals surface area contributed by atoms with Crippen molar-refractivity contribution in [2.24, 2.45) is 17.8 Å². The molecule has 6 nitrogen and oxygen atoms in total. The summed E-state index contributed by atoms with van der Waals surface area (Å²) in [7, 11) is 0. The first kappa shape index (κ1) is 22.4. The number of esters is 1. The van der Waals surface area contributed by atoms with Gasteiger partial charge in [0.2, 0.25) is 0 Å². The topological polar surface area (TPSA) is 67.9 Å². The third-order valence-electron chi connectivity index (χ3n) is 7.33. The summed E-state index contributed by atoms with van der Waals surface area (Å²) in [4.78, 5) is 27.4. The van der Waals surface area contributed by atoms with Crippen LogP contribution in [0.1, 0.15) is 32.1 Å². The quantitative estimate of drug-likeness (QED) is 0.644. The van der Waals surface area contributed by atoms with Crippen LogP contribution in [0, 0.1) is 17.8 Å². The van der Waals surface area contributed by atoms with Crippen molar-refractivity contribution >= 4 is 46.8 Å². The van der Waals surface area contributed by atoms with E-state index in [0.717, 1.165) is 44.8 Å². The van der Waals surface area contributed by atoms with Gasteiger partial charge in [0.1, 0.15) is 0 Å². The maximum Gasteiger partial charge on any atom is 0.309 e. The van der Waals surface area contributed by atoms with E-state index in [1.54, 1.807) is 0 Å². The smallest absolute Gasteiger partial charge is 0.309 e. The third-order valence-corrected chi connectivity index (χ3v) is 11.3. The van der Waals surface area contributed by atoms with Crippen molar-refractivity contribution < 1.29 is 19.1 Å². The molecule has 2 bridgehead atoms. The summed E-state index contributed by atoms with van der Waals surface area (Å²) in [6, 6.07) is 7.79. The van der Waals surface area contributed by atoms with E-state index in [4.69, 9.17) is 9.47 Å². The van der Waals surface area contributed by atoms with Crippen LogP contribution < -0.4 is 10.2 Å². The zero-order valence-corrected chi connectivity index (χ0v) is 20.1. The first-order valence-corrected chi connectivity index (χ1v) is 13.8. The largest absolute Gasteiger partial charge is 0.455 e. The van der Waals surface area contributed by atoms with Gasteiger partial charge in [-0.15, -0.1) is 23.5 Å². The second-order valence-corrected chi connectivity index (χ2v) is 12.2. The van der Waals surface area contributed by atoms with Crippen LogP contribution in [0.4, 0.5) is 11.4 Å². The molecule has 174 valence electrons. The summed E-state index contributed by atoms with van der Waals surface area (Å²) >= 11 is 4.28. The molecule has 1 aromatic rings. The van der Waals surface area contributed by atoms with E-state index in [-0.39, 0.29) is 24.4 Å². The van der Waals surface area contributed by atoms with E-state index >= 15 is 0 Å². The summed E-state index contributed by atoms with van der Waals surface area (Å²) in [5, 5.41) is 2.84. The SMILES string of the molecule is O=C(COC(=O)C1CC2CCCC(C1)C21SCCS1)Nc1ccc(N2CCOCC2)cc1. The third kappa shape index (κ3) is 4.64. The molecule has 8 heteroatoms. The molecule has 2 aliphatic carbocycles. The monoisotopic (exact) mass is 476 g/mol. The summed E-state index contributed by atoms with van der Waals surface area (Å²) in [5.74, 6) is 3.14. The molecule has 2 atom stereocenters. The maximum absolute atomic E-state index is 12.8. The molecule has 1 aromatic carbocycles. The first-order valence-electron chi connectivity index (χ1n) is 11.8. The summed E-state index contributed by atoms with van der Waals surface area (Å²) in [6.45, 7) is 3.02. The summed E-state index contributed by atoms with van der Waals surface area (Å²) in [5.41, 5.74) is 1.84. The Morgan fingerprint density at radius 2 is 1.72 bits per heavy atom. The number of benzene rings is 1. The van der Waals surface area contributed by atoms with Gasteiger partial charge in [0, 0.05) is 36.0 Å². The molecule has 0 aromatic heterocycles. The van der Waals surface area contributed by atoms with Gasteiger partial charge in [0.25, 0.3) is 5.91 Å². The Morgan fingerprint density at radius 1 is 1.06 bits per heavy atom. The number of amides is 1. The number of rotatable bonds is 5. The molecule has 32 heavy (non-hydrogen) atoms. The van der Waals surface area contributed by atoms with E-state index in [2.05, 4.69) is 33.7 Å². The van der Waals surface area contributed by atoms with Crippen LogP contribution in [0.25, 0.3) is 0 Å². The highest BCUT2D eigenvalue weighted by atomic mass is 32.2. The standard InChI is InChI=1S/C24H32N2O4S2/c27-22(25-20-4-6-21(7-5-20)26-8-10-29-11-9-26)16-30-23(28)17-14-18-2-1-3-19(15-17)24(18)31-12-13-32-24/h4-7,17-19H,1-3,8-16H2,(H,25,27). The lowest BCUT2D eigenvalue weighted by Gasteiger charge is -2.51. The molecule has 1 spiro atoms. The van der Waals surface area contributed by atoms with Gasteiger partial charge in [-0.2, -0.15) is 0 Å². The van der Waals surface area contributed by atoms with E-state index in [0.29, 0.717) is 21.6 Å². The van der Waals surface area contributed by atoms with E-state index in [9.17, 15) is 9.59 Å². The van der Waals surface area contributed by atoms with E-state index in [1.165, 1.54) is 30.8 Å². The van der Waals surface area contributed by atoms with Crippen LogP contribution in [0.15, 0.2) is 24.3 Å². The molecule has 1 amide bonds. The molecule has 4 aliphatic rings. The second-order valence-electron chi connectivity index (χ2n) is 9.21. The Kier molecular flexibility index (Phi) is 6.90. The van der Waals surface area contributed by atoms with Gasteiger partial charge in [0.05, 0.1) is 23.2 Å². The minimum Gasteiger partial charge on any atom is -0.455 e. The average Bonchev–Trinajstić information content (AvgIpc) is 3.28. The number of hydrogen-bond acceptors (Lipinski definition) is 7. The lowest BCUT2D eigenvalue weighted by Crippen LogP contribution is -2.48. The minimum absolute atomic E-state index is 0.0571. The van der Waals surface area contributed by atoms with Gasteiger partial charge in [0.15, 0.2) is 6.61 Å². The summed E-state index contributed by atoms with van der Waals surface area (Å²) < 4.78 is 11.2. The normalized spacial score (nSPS) is 29.0. The van der Waals surface area contributed by atoms with E-state index in [1.807, 2.05) is 24.3 Å². The van der Waals surface area contributed by atoms with Gasteiger partial charge < -0.3 is 19.7 Å². The van der Waals surface area contributed by atoms with Crippen LogP contribution in [0.5, 0.6) is 0 Å². The summed E-state index contributed by atoms with van der Waals surface area (Å²) in [6.07, 6.45) is 5.56. The van der Waals surface area contributed by atoms with Crippen molar-refractivity contribution in [2.45, 2.75) is 36.2 Å². The molecule has 0 radical (unpaired) electrons. The number of anilines is 2. The van der Waals surface area contributed by atoms with Gasteiger partial charge in [-0.25, -0.2) is 0 Å². The molecular weight excluding hydrogens is 444 g/mol. The zero-order valence-electron chi connectivity index (χ0n) is 18.4. The predicted octanol–water partition coefficient (Wildman–Crippen LogP) is 4.01. The molecule has 2 aliphatic heterocycles. The van der Waals surface area contributed by atoms with Crippen molar-refractivity contribution in [3.8, 4) is 0 Å². The van der Waals surface area contributed by atoms with Gasteiger partial charge in [-0.3, -0.25) is 9.59 Å². The molecule has 1 N–H and O–H groups in total. The highest BCUT2D eigenvalue weighted by Gasteiger charge is 2.55. The van der Waals surface area contributed by atoms with Crippen molar-refractivity contribution in [2.75, 3.05) is 54.6 Å². The maximum atomic E-state index is 12.8. The van der Waals surface area contributed by atoms with Gasteiger partial charge in [-0.05, 0) is 61.8 Å². The van der Waals surface area contributed by atoms with Crippen molar-refractivity contribution in [1.82, 2.24) is 0 Å². The Morgan fingerprint density at radius 3 is 2.38 bits per heavy atom. The fraction of sp³-hybridized carbons (Fsp3) is 0.667. The Bertz CT molecular complexity index is 806. The fourth-order valence-corrected chi connectivity index (χ4v) is 9.77. The Hall–Kier alpha value is -1.38. The number of carbonyl (C=O) groups is 2. The van der Waals surface area contributed by atoms with Crippen LogP contribution in [0.2, 0.25) is 0 Å². The predicted molar refractivity (Wildman–Crippen MR) is 130 cm³/mol. The number of thioether (sulfide) groups is 2. The van der Waals surface area contributed by atoms with Crippen molar-refractivity contribution in [3.63, 3.8) is 0 Å². The van der Waals surface area contributed by atoms with E-state index < -0.39 is 0 Å². The minimum atomic E-state index is -0.285. The van der Waals surface area contributed by atoms with Crippen LogP contribution in [0.3, 0.4) is 0 Å². The highest BCUT2D eigenvalue weighted by molar-refractivity contribution is 8.21. The van der Waals surface area contributed by atoms with Crippen LogP contribution in [-0.4, -0.2) is 60.4 Å². The lowest BCUT2D eigenvalue weighted by atomic mass is 9.67. The number of nitrogens with one attached hydrogen (secondary N) is 1. The van der Waals surface area contributed by atoms with Crippen molar-refractivity contribution in [3.05, 3.63) is 24.3 Å². The van der Waals surface area contributed by atoms with Gasteiger partial charge >= 0.3 is 5.97 Å². The van der Waals surface area contributed by atoms with Crippen LogP contribution >= 0.6 is 23.5 Å². The number of carbonyl (C=O) groups excluding carboxylic acids is 2. The molecule has 2 saturated heterocycles. The number of hydrogen-bond donors (Lipinski definition) is 1. The molecule has 4 fully saturated rings. The second kappa shape index (κ2) is 9.85. The average molecular weight is 477 g/mol. The zero-order chi connectivity index (χ0) is 22.0. The fourth-order valence-electron chi connectivity index (χ4n) is 5.83. The lowest BCUT2D eigenvalue weighted by molar-refractivity contribution is -0.154. The number of nitrogens with zero attached hydrogens (tertiary/aromatic N) is 1. The Balaban J connectivity index is 1.10. The molecule has 2 heterocycles. The van der Waals surface area contributed by atoms with Crippen molar-refractivity contribution in [1.29, 1.82) is 0 Å². The first-order chi connectivity index (χ1) is 15.6. The Labute approximate surface area is 198 Å². The van der Waals surface area contributed by atoms with Crippen LogP contribution in [-0.2, 0) is 19.1 Å². The molecule has 2 unspecified atom stereocenters. The highest BCUT2D eigenvalue weighted by Crippen LogP contribution is 2.64. The molecule has 5 rings (SSSR count). The number of ether oxygens (including phenoxy) is 2. The number of morpholine rings is 1. The molecular formula is C24H32N2O4S2.